The second-order valence-electron chi connectivity index (χ2n) is 7.29. The number of hydrogen-bond donors (Lipinski definition) is 3. The molecule has 0 aliphatic carbocycles. The van der Waals surface area contributed by atoms with Crippen molar-refractivity contribution in [2.75, 3.05) is 25.5 Å². The average Bonchev–Trinajstić information content (AvgIpc) is 3.24. The molecule has 6 nitrogen and oxygen atoms in total. The minimum absolute atomic E-state index is 0. The number of carbonyl (C=O) groups is 1. The van der Waals surface area contributed by atoms with Gasteiger partial charge in [0, 0.05) is 17.8 Å². The molecule has 1 aliphatic heterocycles. The zero-order chi connectivity index (χ0) is 20.8. The average molecular weight is 429 g/mol. The largest absolute Gasteiger partial charge is 0.467 e. The number of hydrogen-bond acceptors (Lipinski definition) is 5. The molecule has 0 saturated carbocycles. The first-order valence-corrected chi connectivity index (χ1v) is 9.77. The summed E-state index contributed by atoms with van der Waals surface area (Å²) in [7, 11) is 1.39. The van der Waals surface area contributed by atoms with Gasteiger partial charge in [-0.1, -0.05) is 24.8 Å². The normalized spacial score (nSPS) is 14.4. The van der Waals surface area contributed by atoms with Gasteiger partial charge in [-0.3, -0.25) is 10.3 Å². The predicted octanol–water partition coefficient (Wildman–Crippen LogP) is 3.96. The number of rotatable bonds is 8. The molecule has 3 rings (SSSR count). The fourth-order valence-electron chi connectivity index (χ4n) is 3.63. The molecule has 1 heterocycles. The summed E-state index contributed by atoms with van der Waals surface area (Å²) in [4.78, 5) is 15.0. The molecule has 1 aliphatic rings. The van der Waals surface area contributed by atoms with Gasteiger partial charge in [0.15, 0.2) is 6.04 Å². The highest BCUT2D eigenvalue weighted by Crippen LogP contribution is 2.25. The van der Waals surface area contributed by atoms with Crippen molar-refractivity contribution >= 4 is 36.0 Å². The van der Waals surface area contributed by atoms with Crippen molar-refractivity contribution in [3.63, 3.8) is 0 Å². The molecule has 1 saturated heterocycles. The van der Waals surface area contributed by atoms with Crippen molar-refractivity contribution in [1.82, 2.24) is 4.90 Å². The third-order valence-electron chi connectivity index (χ3n) is 5.16. The maximum absolute atomic E-state index is 12.6. The van der Waals surface area contributed by atoms with Gasteiger partial charge >= 0.3 is 5.97 Å². The number of benzene rings is 2. The molecule has 0 amide bonds. The number of halogens is 1. The second-order valence-corrected chi connectivity index (χ2v) is 7.29. The highest BCUT2D eigenvalue weighted by Gasteiger charge is 2.23. The summed E-state index contributed by atoms with van der Waals surface area (Å²) in [5.41, 5.74) is 9.85. The first-order chi connectivity index (χ1) is 14.0. The van der Waals surface area contributed by atoms with E-state index in [9.17, 15) is 4.79 Å². The fourth-order valence-corrected chi connectivity index (χ4v) is 3.63. The van der Waals surface area contributed by atoms with Crippen molar-refractivity contribution in [2.45, 2.75) is 25.4 Å². The summed E-state index contributed by atoms with van der Waals surface area (Å²) < 4.78 is 5.06. The van der Waals surface area contributed by atoms with Crippen LogP contribution in [0.25, 0.3) is 6.08 Å². The Morgan fingerprint density at radius 2 is 1.93 bits per heavy atom. The Morgan fingerprint density at radius 3 is 2.50 bits per heavy atom. The van der Waals surface area contributed by atoms with Crippen LogP contribution < -0.4 is 11.1 Å². The number of anilines is 1. The van der Waals surface area contributed by atoms with Crippen LogP contribution in [0.15, 0.2) is 49.0 Å². The van der Waals surface area contributed by atoms with Crippen LogP contribution in [0.5, 0.6) is 0 Å². The molecule has 1 fully saturated rings. The molecule has 0 aromatic heterocycles. The lowest BCUT2D eigenvalue weighted by Crippen LogP contribution is -2.23. The van der Waals surface area contributed by atoms with E-state index in [4.69, 9.17) is 15.9 Å². The lowest BCUT2D eigenvalue weighted by Gasteiger charge is -2.21. The summed E-state index contributed by atoms with van der Waals surface area (Å²) >= 11 is 0. The van der Waals surface area contributed by atoms with E-state index < -0.39 is 6.04 Å². The van der Waals surface area contributed by atoms with Crippen LogP contribution >= 0.6 is 12.4 Å². The number of amidine groups is 1. The molecule has 4 N–H and O–H groups in total. The number of esters is 1. The smallest absolute Gasteiger partial charge is 0.332 e. The van der Waals surface area contributed by atoms with Gasteiger partial charge in [0.2, 0.25) is 0 Å². The number of nitrogens with one attached hydrogen (secondary N) is 2. The second kappa shape index (κ2) is 10.8. The van der Waals surface area contributed by atoms with Crippen LogP contribution in [0.1, 0.15) is 41.1 Å². The van der Waals surface area contributed by atoms with Crippen molar-refractivity contribution in [2.24, 2.45) is 5.73 Å². The first kappa shape index (κ1) is 23.4. The topological polar surface area (TPSA) is 91.4 Å². The van der Waals surface area contributed by atoms with Crippen LogP contribution in [-0.4, -0.2) is 36.9 Å². The summed E-state index contributed by atoms with van der Waals surface area (Å²) in [6.45, 7) is 6.97. The minimum atomic E-state index is -0.652. The minimum Gasteiger partial charge on any atom is -0.467 e. The number of carbonyl (C=O) groups excluding carboxylic acids is 1. The molecule has 30 heavy (non-hydrogen) atoms. The van der Waals surface area contributed by atoms with Crippen molar-refractivity contribution in [3.05, 3.63) is 71.3 Å². The Bertz CT molecular complexity index is 893. The molecule has 2 aromatic rings. The zero-order valence-electron chi connectivity index (χ0n) is 17.2. The molecule has 1 unspecified atom stereocenters. The van der Waals surface area contributed by atoms with E-state index >= 15 is 0 Å². The number of likely N-dealkylation sites (tertiary alicyclic amines) is 1. The van der Waals surface area contributed by atoms with E-state index in [1.807, 2.05) is 6.07 Å². The van der Waals surface area contributed by atoms with Gasteiger partial charge in [-0.25, -0.2) is 4.79 Å². The Balaban J connectivity index is 0.00000320. The molecule has 0 spiro atoms. The summed E-state index contributed by atoms with van der Waals surface area (Å²) in [5, 5.41) is 10.8. The van der Waals surface area contributed by atoms with Gasteiger partial charge in [0.25, 0.3) is 0 Å². The van der Waals surface area contributed by atoms with E-state index in [0.717, 1.165) is 42.0 Å². The number of nitrogens with zero attached hydrogens (tertiary/aromatic N) is 1. The van der Waals surface area contributed by atoms with Gasteiger partial charge < -0.3 is 15.8 Å². The highest BCUT2D eigenvalue weighted by molar-refractivity contribution is 5.95. The SMILES string of the molecule is C=Cc1cc(CN2CCCC2)cc(C(Nc2ccc(C(=N)N)cc2)C(=O)OC)c1.Cl. The Labute approximate surface area is 184 Å². The number of nitrogen functional groups attached to an aromatic ring is 1. The first-order valence-electron chi connectivity index (χ1n) is 9.77. The van der Waals surface area contributed by atoms with Crippen LogP contribution in [-0.2, 0) is 16.1 Å². The summed E-state index contributed by atoms with van der Waals surface area (Å²) in [6, 6.07) is 12.6. The van der Waals surface area contributed by atoms with E-state index in [-0.39, 0.29) is 24.2 Å². The third-order valence-corrected chi connectivity index (χ3v) is 5.16. The molecule has 0 bridgehead atoms. The quantitative estimate of drug-likeness (QED) is 0.336. The molecular formula is C23H29ClN4O2. The molecule has 7 heteroatoms. The van der Waals surface area contributed by atoms with Crippen LogP contribution in [0.2, 0.25) is 0 Å². The number of ether oxygens (including phenoxy) is 1. The number of nitrogens with two attached hydrogens (primary N) is 1. The number of methoxy groups -OCH3 is 1. The van der Waals surface area contributed by atoms with E-state index in [0.29, 0.717) is 5.56 Å². The molecule has 160 valence electrons. The summed E-state index contributed by atoms with van der Waals surface area (Å²) in [5.74, 6) is -0.361. The zero-order valence-corrected chi connectivity index (χ0v) is 18.0. The molecular weight excluding hydrogens is 400 g/mol. The highest BCUT2D eigenvalue weighted by atomic mass is 35.5. The van der Waals surface area contributed by atoms with Crippen molar-refractivity contribution in [3.8, 4) is 0 Å². The molecule has 2 aromatic carbocycles. The Hall–Kier alpha value is -2.83. The van der Waals surface area contributed by atoms with Gasteiger partial charge in [0.05, 0.1) is 7.11 Å². The van der Waals surface area contributed by atoms with E-state index in [1.165, 1.54) is 20.0 Å². The lowest BCUT2D eigenvalue weighted by atomic mass is 9.99. The van der Waals surface area contributed by atoms with Gasteiger partial charge in [-0.15, -0.1) is 12.4 Å². The standard InChI is InChI=1S/C23H28N4O2.ClH/c1-3-16-12-17(15-27-10-4-5-11-27)14-19(13-16)21(23(28)29-2)26-20-8-6-18(7-9-20)22(24)25;/h3,6-9,12-14,21,26H,1,4-5,10-11,15H2,2H3,(H3,24,25);1H. The lowest BCUT2D eigenvalue weighted by molar-refractivity contribution is -0.141. The van der Waals surface area contributed by atoms with Gasteiger partial charge in [-0.2, -0.15) is 0 Å². The predicted molar refractivity (Wildman–Crippen MR) is 124 cm³/mol. The maximum Gasteiger partial charge on any atom is 0.332 e. The monoisotopic (exact) mass is 428 g/mol. The van der Waals surface area contributed by atoms with Crippen LogP contribution in [0.3, 0.4) is 0 Å². The van der Waals surface area contributed by atoms with Crippen molar-refractivity contribution in [1.29, 1.82) is 5.41 Å². The fraction of sp³-hybridized carbons (Fsp3) is 0.304. The Kier molecular flexibility index (Phi) is 8.45. The van der Waals surface area contributed by atoms with Gasteiger partial charge in [0.1, 0.15) is 5.84 Å². The van der Waals surface area contributed by atoms with E-state index in [1.54, 1.807) is 30.3 Å². The van der Waals surface area contributed by atoms with Crippen LogP contribution in [0.4, 0.5) is 5.69 Å². The maximum atomic E-state index is 12.6. The van der Waals surface area contributed by atoms with Crippen LogP contribution in [0, 0.1) is 5.41 Å². The van der Waals surface area contributed by atoms with Crippen molar-refractivity contribution < 1.29 is 9.53 Å². The third kappa shape index (κ3) is 5.84. The molecule has 1 atom stereocenters. The van der Waals surface area contributed by atoms with Gasteiger partial charge in [-0.05, 0) is 73.0 Å². The molecule has 0 radical (unpaired) electrons. The Morgan fingerprint density at radius 1 is 1.27 bits per heavy atom. The summed E-state index contributed by atoms with van der Waals surface area (Å²) in [6.07, 6.45) is 4.26. The van der Waals surface area contributed by atoms with E-state index in [2.05, 4.69) is 28.9 Å².